The molecule has 2 N–H and O–H groups in total. The van der Waals surface area contributed by atoms with Gasteiger partial charge in [0.15, 0.2) is 0 Å². The number of likely N-dealkylation sites (tertiary alicyclic amines) is 1. The second-order valence-electron chi connectivity index (χ2n) is 5.48. The summed E-state index contributed by atoms with van der Waals surface area (Å²) in [7, 11) is 0. The van der Waals surface area contributed by atoms with Crippen molar-refractivity contribution >= 4 is 24.2 Å². The molecule has 2 amide bonds. The highest BCUT2D eigenvalue weighted by Crippen LogP contribution is 2.09. The Morgan fingerprint density at radius 1 is 1.00 bits per heavy atom. The summed E-state index contributed by atoms with van der Waals surface area (Å²) in [5.74, 6) is 0.168. The predicted molar refractivity (Wildman–Crippen MR) is 79.7 cm³/mol. The van der Waals surface area contributed by atoms with Gasteiger partial charge in [0.25, 0.3) is 0 Å². The van der Waals surface area contributed by atoms with Gasteiger partial charge in [-0.2, -0.15) is 0 Å². The molecule has 0 aromatic heterocycles. The van der Waals surface area contributed by atoms with Gasteiger partial charge in [-0.1, -0.05) is 0 Å². The molecule has 1 unspecified atom stereocenters. The summed E-state index contributed by atoms with van der Waals surface area (Å²) in [6.07, 6.45) is 2.40. The SMILES string of the molecule is CC(N)C(=O)N1CCN(C(=O)CN2CCCC2)CC1.Cl. The average Bonchev–Trinajstić information content (AvgIpc) is 2.90. The van der Waals surface area contributed by atoms with E-state index >= 15 is 0 Å². The first kappa shape index (κ1) is 17.2. The van der Waals surface area contributed by atoms with Crippen molar-refractivity contribution in [2.24, 2.45) is 5.73 Å². The number of amides is 2. The van der Waals surface area contributed by atoms with Crippen LogP contribution in [0.4, 0.5) is 0 Å². The van der Waals surface area contributed by atoms with Gasteiger partial charge in [-0.05, 0) is 32.9 Å². The van der Waals surface area contributed by atoms with E-state index in [0.717, 1.165) is 13.1 Å². The Labute approximate surface area is 126 Å². The van der Waals surface area contributed by atoms with E-state index < -0.39 is 6.04 Å². The van der Waals surface area contributed by atoms with Crippen LogP contribution in [-0.4, -0.2) is 78.4 Å². The summed E-state index contributed by atoms with van der Waals surface area (Å²) in [5.41, 5.74) is 5.59. The molecule has 0 spiro atoms. The molecule has 7 heteroatoms. The summed E-state index contributed by atoms with van der Waals surface area (Å²) < 4.78 is 0. The van der Waals surface area contributed by atoms with E-state index in [2.05, 4.69) is 4.90 Å². The first-order chi connectivity index (χ1) is 9.08. The van der Waals surface area contributed by atoms with Crippen molar-refractivity contribution < 1.29 is 9.59 Å². The molecular formula is C13H25ClN4O2. The van der Waals surface area contributed by atoms with Crippen molar-refractivity contribution in [1.29, 1.82) is 0 Å². The number of halogens is 1. The van der Waals surface area contributed by atoms with Crippen LogP contribution in [0.1, 0.15) is 19.8 Å². The van der Waals surface area contributed by atoms with Crippen molar-refractivity contribution in [3.8, 4) is 0 Å². The molecule has 0 aromatic carbocycles. The van der Waals surface area contributed by atoms with Crippen molar-refractivity contribution in [1.82, 2.24) is 14.7 Å². The summed E-state index contributed by atoms with van der Waals surface area (Å²) >= 11 is 0. The molecule has 2 fully saturated rings. The molecule has 1 atom stereocenters. The van der Waals surface area contributed by atoms with E-state index in [1.807, 2.05) is 4.90 Å². The van der Waals surface area contributed by atoms with Gasteiger partial charge in [-0.3, -0.25) is 14.5 Å². The zero-order valence-electron chi connectivity index (χ0n) is 12.1. The first-order valence-electron chi connectivity index (χ1n) is 7.12. The Bertz CT molecular complexity index is 337. The number of piperazine rings is 1. The topological polar surface area (TPSA) is 69.9 Å². The number of hydrogen-bond acceptors (Lipinski definition) is 4. The normalized spacial score (nSPS) is 21.5. The summed E-state index contributed by atoms with van der Waals surface area (Å²) in [5, 5.41) is 0. The number of nitrogens with two attached hydrogens (primary N) is 1. The van der Waals surface area contributed by atoms with Crippen molar-refractivity contribution in [3.05, 3.63) is 0 Å². The maximum absolute atomic E-state index is 12.1. The third-order valence-corrected chi connectivity index (χ3v) is 3.89. The van der Waals surface area contributed by atoms with Crippen LogP contribution in [0, 0.1) is 0 Å². The van der Waals surface area contributed by atoms with Crippen LogP contribution in [0.25, 0.3) is 0 Å². The van der Waals surface area contributed by atoms with Crippen LogP contribution in [0.3, 0.4) is 0 Å². The highest BCUT2D eigenvalue weighted by Gasteiger charge is 2.26. The quantitative estimate of drug-likeness (QED) is 0.765. The van der Waals surface area contributed by atoms with Crippen LogP contribution in [0.2, 0.25) is 0 Å². The van der Waals surface area contributed by atoms with Gasteiger partial charge < -0.3 is 15.5 Å². The highest BCUT2D eigenvalue weighted by atomic mass is 35.5. The maximum Gasteiger partial charge on any atom is 0.239 e. The average molecular weight is 305 g/mol. The van der Waals surface area contributed by atoms with Gasteiger partial charge in [-0.15, -0.1) is 12.4 Å². The number of hydrogen-bond donors (Lipinski definition) is 1. The molecule has 0 aromatic rings. The van der Waals surface area contributed by atoms with Gasteiger partial charge in [0.1, 0.15) is 0 Å². The van der Waals surface area contributed by atoms with Gasteiger partial charge in [0.05, 0.1) is 12.6 Å². The fourth-order valence-electron chi connectivity index (χ4n) is 2.70. The summed E-state index contributed by atoms with van der Waals surface area (Å²) in [4.78, 5) is 29.7. The number of nitrogens with zero attached hydrogens (tertiary/aromatic N) is 3. The van der Waals surface area contributed by atoms with Crippen molar-refractivity contribution in [3.63, 3.8) is 0 Å². The van der Waals surface area contributed by atoms with Gasteiger partial charge >= 0.3 is 0 Å². The van der Waals surface area contributed by atoms with Crippen molar-refractivity contribution in [2.75, 3.05) is 45.8 Å². The minimum atomic E-state index is -0.452. The zero-order valence-corrected chi connectivity index (χ0v) is 12.9. The van der Waals surface area contributed by atoms with Gasteiger partial charge in [0, 0.05) is 26.2 Å². The third-order valence-electron chi connectivity index (χ3n) is 3.89. The third kappa shape index (κ3) is 4.33. The molecule has 2 heterocycles. The minimum Gasteiger partial charge on any atom is -0.338 e. The summed E-state index contributed by atoms with van der Waals surface area (Å²) in [6, 6.07) is -0.452. The van der Waals surface area contributed by atoms with E-state index in [1.165, 1.54) is 12.8 Å². The number of rotatable bonds is 3. The van der Waals surface area contributed by atoms with E-state index in [0.29, 0.717) is 32.7 Å². The van der Waals surface area contributed by atoms with Gasteiger partial charge in [0.2, 0.25) is 11.8 Å². The second-order valence-corrected chi connectivity index (χ2v) is 5.48. The molecule has 0 bridgehead atoms. The molecule has 20 heavy (non-hydrogen) atoms. The highest BCUT2D eigenvalue weighted by molar-refractivity contribution is 5.85. The van der Waals surface area contributed by atoms with E-state index in [9.17, 15) is 9.59 Å². The Morgan fingerprint density at radius 2 is 1.50 bits per heavy atom. The molecule has 6 nitrogen and oxygen atoms in total. The lowest BCUT2D eigenvalue weighted by atomic mass is 10.2. The van der Waals surface area contributed by atoms with E-state index in [4.69, 9.17) is 5.73 Å². The smallest absolute Gasteiger partial charge is 0.239 e. The van der Waals surface area contributed by atoms with Crippen LogP contribution in [0.5, 0.6) is 0 Å². The van der Waals surface area contributed by atoms with E-state index in [1.54, 1.807) is 11.8 Å². The molecule has 116 valence electrons. The van der Waals surface area contributed by atoms with Crippen LogP contribution >= 0.6 is 12.4 Å². The molecule has 2 aliphatic heterocycles. The van der Waals surface area contributed by atoms with Crippen LogP contribution in [-0.2, 0) is 9.59 Å². The molecule has 2 aliphatic rings. The Kier molecular flexibility index (Phi) is 6.71. The monoisotopic (exact) mass is 304 g/mol. The van der Waals surface area contributed by atoms with Crippen LogP contribution < -0.4 is 5.73 Å². The lowest BCUT2D eigenvalue weighted by Gasteiger charge is -2.36. The first-order valence-corrected chi connectivity index (χ1v) is 7.12. The number of carbonyl (C=O) groups excluding carboxylic acids is 2. The molecule has 0 saturated carbocycles. The minimum absolute atomic E-state index is 0. The van der Waals surface area contributed by atoms with Crippen LogP contribution in [0.15, 0.2) is 0 Å². The fraction of sp³-hybridized carbons (Fsp3) is 0.846. The summed E-state index contributed by atoms with van der Waals surface area (Å²) in [6.45, 7) is 6.77. The molecule has 0 radical (unpaired) electrons. The zero-order chi connectivity index (χ0) is 13.8. The molecule has 0 aliphatic carbocycles. The lowest BCUT2D eigenvalue weighted by Crippen LogP contribution is -2.55. The predicted octanol–water partition coefficient (Wildman–Crippen LogP) is -0.478. The fourth-order valence-corrected chi connectivity index (χ4v) is 2.70. The lowest BCUT2D eigenvalue weighted by molar-refractivity contribution is -0.140. The number of carbonyl (C=O) groups is 2. The van der Waals surface area contributed by atoms with E-state index in [-0.39, 0.29) is 24.2 Å². The standard InChI is InChI=1S/C13H24N4O2.ClH/c1-11(14)13(19)17-8-6-16(7-9-17)12(18)10-15-4-2-3-5-15;/h11H,2-10,14H2,1H3;1H. The Hall–Kier alpha value is -0.850. The maximum atomic E-state index is 12.1. The molecule has 2 saturated heterocycles. The van der Waals surface area contributed by atoms with Crippen molar-refractivity contribution in [2.45, 2.75) is 25.8 Å². The Morgan fingerprint density at radius 3 is 2.00 bits per heavy atom. The van der Waals surface area contributed by atoms with Gasteiger partial charge in [-0.25, -0.2) is 0 Å². The largest absolute Gasteiger partial charge is 0.338 e. The molecule has 2 rings (SSSR count). The Balaban J connectivity index is 0.00000200. The second kappa shape index (κ2) is 7.81. The molecular weight excluding hydrogens is 280 g/mol.